The SMILES string of the molecule is CCOc1ccccc1C1(C)CCCO1. The molecule has 2 rings (SSSR count). The predicted octanol–water partition coefficient (Wildman–Crippen LogP) is 3.11. The van der Waals surface area contributed by atoms with E-state index in [0.717, 1.165) is 25.2 Å². The Morgan fingerprint density at radius 1 is 1.40 bits per heavy atom. The van der Waals surface area contributed by atoms with Crippen LogP contribution in [0.5, 0.6) is 5.75 Å². The van der Waals surface area contributed by atoms with Gasteiger partial charge in [-0.3, -0.25) is 0 Å². The van der Waals surface area contributed by atoms with Crippen molar-refractivity contribution < 1.29 is 9.47 Å². The summed E-state index contributed by atoms with van der Waals surface area (Å²) in [6.07, 6.45) is 2.22. The molecule has 0 aliphatic carbocycles. The van der Waals surface area contributed by atoms with Crippen molar-refractivity contribution in [1.82, 2.24) is 0 Å². The van der Waals surface area contributed by atoms with Crippen LogP contribution in [0.1, 0.15) is 32.3 Å². The van der Waals surface area contributed by atoms with E-state index in [2.05, 4.69) is 13.0 Å². The summed E-state index contributed by atoms with van der Waals surface area (Å²) in [6, 6.07) is 8.18. The third kappa shape index (κ3) is 2.00. The smallest absolute Gasteiger partial charge is 0.125 e. The van der Waals surface area contributed by atoms with E-state index < -0.39 is 0 Å². The van der Waals surface area contributed by atoms with Crippen LogP contribution in [0.4, 0.5) is 0 Å². The number of para-hydroxylation sites is 1. The number of rotatable bonds is 3. The van der Waals surface area contributed by atoms with Crippen molar-refractivity contribution in [2.24, 2.45) is 0 Å². The molecule has 1 saturated heterocycles. The third-order valence-corrected chi connectivity index (χ3v) is 2.98. The van der Waals surface area contributed by atoms with Gasteiger partial charge in [-0.2, -0.15) is 0 Å². The fourth-order valence-electron chi connectivity index (χ4n) is 2.18. The average molecular weight is 206 g/mol. The maximum atomic E-state index is 5.83. The summed E-state index contributed by atoms with van der Waals surface area (Å²) < 4.78 is 11.5. The highest BCUT2D eigenvalue weighted by Crippen LogP contribution is 2.40. The minimum Gasteiger partial charge on any atom is -0.493 e. The van der Waals surface area contributed by atoms with Crippen molar-refractivity contribution in [3.05, 3.63) is 29.8 Å². The van der Waals surface area contributed by atoms with Crippen LogP contribution in [0.25, 0.3) is 0 Å². The first kappa shape index (κ1) is 10.5. The van der Waals surface area contributed by atoms with Crippen molar-refractivity contribution in [2.45, 2.75) is 32.3 Å². The zero-order valence-corrected chi connectivity index (χ0v) is 9.45. The highest BCUT2D eigenvalue weighted by atomic mass is 16.5. The molecule has 15 heavy (non-hydrogen) atoms. The van der Waals surface area contributed by atoms with Gasteiger partial charge in [-0.25, -0.2) is 0 Å². The number of hydrogen-bond acceptors (Lipinski definition) is 2. The second-order valence-electron chi connectivity index (χ2n) is 4.11. The van der Waals surface area contributed by atoms with E-state index in [-0.39, 0.29) is 5.60 Å². The average Bonchev–Trinajstić information content (AvgIpc) is 2.68. The van der Waals surface area contributed by atoms with Crippen molar-refractivity contribution >= 4 is 0 Å². The second-order valence-corrected chi connectivity index (χ2v) is 4.11. The molecule has 1 fully saturated rings. The monoisotopic (exact) mass is 206 g/mol. The topological polar surface area (TPSA) is 18.5 Å². The molecule has 0 N–H and O–H groups in total. The van der Waals surface area contributed by atoms with E-state index in [0.29, 0.717) is 6.61 Å². The Kier molecular flexibility index (Phi) is 2.96. The van der Waals surface area contributed by atoms with Crippen molar-refractivity contribution in [1.29, 1.82) is 0 Å². The third-order valence-electron chi connectivity index (χ3n) is 2.98. The van der Waals surface area contributed by atoms with Crippen LogP contribution in [-0.4, -0.2) is 13.2 Å². The summed E-state index contributed by atoms with van der Waals surface area (Å²) in [4.78, 5) is 0. The Bertz CT molecular complexity index is 327. The normalized spacial score (nSPS) is 25.5. The zero-order chi connectivity index (χ0) is 10.7. The van der Waals surface area contributed by atoms with Crippen molar-refractivity contribution in [3.8, 4) is 5.75 Å². The van der Waals surface area contributed by atoms with Gasteiger partial charge < -0.3 is 9.47 Å². The molecular weight excluding hydrogens is 188 g/mol. The lowest BCUT2D eigenvalue weighted by molar-refractivity contribution is 0.0146. The summed E-state index contributed by atoms with van der Waals surface area (Å²) in [6.45, 7) is 5.72. The molecule has 2 nitrogen and oxygen atoms in total. The molecule has 0 aromatic heterocycles. The molecule has 2 heteroatoms. The molecule has 1 atom stereocenters. The maximum Gasteiger partial charge on any atom is 0.125 e. The Balaban J connectivity index is 2.33. The first-order valence-corrected chi connectivity index (χ1v) is 5.62. The van der Waals surface area contributed by atoms with Crippen LogP contribution < -0.4 is 4.74 Å². The van der Waals surface area contributed by atoms with E-state index >= 15 is 0 Å². The van der Waals surface area contributed by atoms with Crippen molar-refractivity contribution in [3.63, 3.8) is 0 Å². The number of hydrogen-bond donors (Lipinski definition) is 0. The van der Waals surface area contributed by atoms with E-state index in [9.17, 15) is 0 Å². The summed E-state index contributed by atoms with van der Waals surface area (Å²) in [7, 11) is 0. The van der Waals surface area contributed by atoms with Gasteiger partial charge in [0.15, 0.2) is 0 Å². The maximum absolute atomic E-state index is 5.83. The molecule has 0 radical (unpaired) electrons. The molecule has 1 aliphatic heterocycles. The van der Waals surface area contributed by atoms with Gasteiger partial charge >= 0.3 is 0 Å². The molecule has 0 spiro atoms. The second kappa shape index (κ2) is 4.23. The number of ether oxygens (including phenoxy) is 2. The van der Waals surface area contributed by atoms with Crippen LogP contribution in [0, 0.1) is 0 Å². The Morgan fingerprint density at radius 2 is 2.20 bits per heavy atom. The minimum atomic E-state index is -0.147. The summed E-state index contributed by atoms with van der Waals surface area (Å²) in [5.74, 6) is 0.962. The van der Waals surface area contributed by atoms with Gasteiger partial charge in [0.25, 0.3) is 0 Å². The van der Waals surface area contributed by atoms with Gasteiger partial charge in [-0.1, -0.05) is 18.2 Å². The van der Waals surface area contributed by atoms with E-state index in [4.69, 9.17) is 9.47 Å². The summed E-state index contributed by atoms with van der Waals surface area (Å²) >= 11 is 0. The highest BCUT2D eigenvalue weighted by molar-refractivity contribution is 5.38. The zero-order valence-electron chi connectivity index (χ0n) is 9.45. The molecule has 0 amide bonds. The van der Waals surface area contributed by atoms with Gasteiger partial charge in [0.1, 0.15) is 5.75 Å². The van der Waals surface area contributed by atoms with Gasteiger partial charge in [0, 0.05) is 12.2 Å². The van der Waals surface area contributed by atoms with E-state index in [1.807, 2.05) is 25.1 Å². The molecule has 0 saturated carbocycles. The Labute approximate surface area is 91.2 Å². The molecule has 1 aliphatic rings. The lowest BCUT2D eigenvalue weighted by Gasteiger charge is -2.25. The predicted molar refractivity (Wildman–Crippen MR) is 60.1 cm³/mol. The molecule has 1 heterocycles. The Morgan fingerprint density at radius 3 is 2.87 bits per heavy atom. The highest BCUT2D eigenvalue weighted by Gasteiger charge is 2.34. The standard InChI is InChI=1S/C13H18O2/c1-3-14-12-8-5-4-7-11(12)13(2)9-6-10-15-13/h4-5,7-8H,3,6,9-10H2,1-2H3. The van der Waals surface area contributed by atoms with Gasteiger partial charge in [0.05, 0.1) is 12.2 Å². The molecule has 1 unspecified atom stereocenters. The van der Waals surface area contributed by atoms with E-state index in [1.165, 1.54) is 5.56 Å². The minimum absolute atomic E-state index is 0.147. The largest absolute Gasteiger partial charge is 0.493 e. The molecule has 0 bridgehead atoms. The van der Waals surface area contributed by atoms with E-state index in [1.54, 1.807) is 0 Å². The molecular formula is C13H18O2. The van der Waals surface area contributed by atoms with Gasteiger partial charge in [0.2, 0.25) is 0 Å². The quantitative estimate of drug-likeness (QED) is 0.756. The van der Waals surface area contributed by atoms with Gasteiger partial charge in [-0.05, 0) is 32.8 Å². The molecule has 1 aromatic carbocycles. The Hall–Kier alpha value is -1.02. The fourth-order valence-corrected chi connectivity index (χ4v) is 2.18. The lowest BCUT2D eigenvalue weighted by atomic mass is 9.92. The first-order valence-electron chi connectivity index (χ1n) is 5.62. The molecule has 82 valence electrons. The van der Waals surface area contributed by atoms with Crippen LogP contribution in [0.15, 0.2) is 24.3 Å². The summed E-state index contributed by atoms with van der Waals surface area (Å²) in [5, 5.41) is 0. The van der Waals surface area contributed by atoms with Gasteiger partial charge in [-0.15, -0.1) is 0 Å². The van der Waals surface area contributed by atoms with Crippen molar-refractivity contribution in [2.75, 3.05) is 13.2 Å². The van der Waals surface area contributed by atoms with Crippen LogP contribution in [-0.2, 0) is 10.3 Å². The molecule has 1 aromatic rings. The number of benzene rings is 1. The fraction of sp³-hybridized carbons (Fsp3) is 0.538. The lowest BCUT2D eigenvalue weighted by Crippen LogP contribution is -2.21. The first-order chi connectivity index (χ1) is 7.26. The van der Waals surface area contributed by atoms with Crippen LogP contribution in [0.2, 0.25) is 0 Å². The summed E-state index contributed by atoms with van der Waals surface area (Å²) in [5.41, 5.74) is 1.04. The van der Waals surface area contributed by atoms with Crippen LogP contribution >= 0.6 is 0 Å². The van der Waals surface area contributed by atoms with Crippen LogP contribution in [0.3, 0.4) is 0 Å².